The first-order valence-electron chi connectivity index (χ1n) is 2.93. The van der Waals surface area contributed by atoms with Gasteiger partial charge >= 0.3 is 0 Å². The van der Waals surface area contributed by atoms with Crippen LogP contribution >= 0.6 is 0 Å². The van der Waals surface area contributed by atoms with Crippen molar-refractivity contribution >= 4 is 0 Å². The minimum Gasteiger partial charge on any atom is -0.399 e. The number of rotatable bonds is 0. The molecular weight excluding hydrogens is 110 g/mol. The molecule has 0 fully saturated rings. The third-order valence-electron chi connectivity index (χ3n) is 1.31. The predicted molar refractivity (Wildman–Crippen MR) is 38.4 cm³/mol. The Morgan fingerprint density at radius 2 is 2.56 bits per heavy atom. The van der Waals surface area contributed by atoms with Gasteiger partial charge in [0, 0.05) is 11.6 Å². The van der Waals surface area contributed by atoms with Crippen LogP contribution in [0.3, 0.4) is 0 Å². The minimum atomic E-state index is 0.218. The van der Waals surface area contributed by atoms with Crippen molar-refractivity contribution in [2.45, 2.75) is 6.42 Å². The van der Waals surface area contributed by atoms with E-state index in [0.29, 0.717) is 0 Å². The normalized spacial score (nSPS) is 24.8. The fourth-order valence-electron chi connectivity index (χ4n) is 0.823. The van der Waals surface area contributed by atoms with E-state index in [1.54, 1.807) is 0 Å². The summed E-state index contributed by atoms with van der Waals surface area (Å²) in [7, 11) is 0. The van der Waals surface area contributed by atoms with Gasteiger partial charge in [-0.2, -0.15) is 0 Å². The molecule has 46 valence electrons. The van der Waals surface area contributed by atoms with Gasteiger partial charge in [-0.15, -0.1) is 6.42 Å². The number of nitrogens with two attached hydrogens (primary N) is 1. The number of hydrogen-bond donors (Lipinski definition) is 1. The maximum Gasteiger partial charge on any atom is 0.0437 e. The molecule has 0 saturated carbocycles. The van der Waals surface area contributed by atoms with Gasteiger partial charge in [0.15, 0.2) is 0 Å². The molecule has 0 aliphatic heterocycles. The summed E-state index contributed by atoms with van der Waals surface area (Å²) in [6.45, 7) is 0. The molecule has 0 radical (unpaired) electrons. The maximum atomic E-state index is 5.48. The fraction of sp³-hybridized carbons (Fsp3) is 0.250. The highest BCUT2D eigenvalue weighted by Gasteiger charge is 2.01. The molecule has 1 heteroatoms. The van der Waals surface area contributed by atoms with Gasteiger partial charge in [0.25, 0.3) is 0 Å². The summed E-state index contributed by atoms with van der Waals surface area (Å²) in [5.74, 6) is 2.84. The van der Waals surface area contributed by atoms with Crippen LogP contribution < -0.4 is 5.73 Å². The molecule has 1 aliphatic carbocycles. The van der Waals surface area contributed by atoms with Gasteiger partial charge in [-0.25, -0.2) is 0 Å². The Kier molecular flexibility index (Phi) is 1.60. The van der Waals surface area contributed by atoms with Gasteiger partial charge in [-0.3, -0.25) is 0 Å². The predicted octanol–water partition coefficient (Wildman–Crippen LogP) is 1.04. The molecule has 0 bridgehead atoms. The molecule has 1 aliphatic rings. The summed E-state index contributed by atoms with van der Waals surface area (Å²) in [4.78, 5) is 0. The van der Waals surface area contributed by atoms with Crippen molar-refractivity contribution in [1.82, 2.24) is 0 Å². The Balaban J connectivity index is 2.69. The highest BCUT2D eigenvalue weighted by Crippen LogP contribution is 2.11. The first-order chi connectivity index (χ1) is 4.33. The van der Waals surface area contributed by atoms with E-state index in [-0.39, 0.29) is 5.92 Å². The average molecular weight is 119 g/mol. The van der Waals surface area contributed by atoms with Crippen LogP contribution in [0.25, 0.3) is 0 Å². The van der Waals surface area contributed by atoms with Crippen LogP contribution in [-0.4, -0.2) is 0 Å². The summed E-state index contributed by atoms with van der Waals surface area (Å²) < 4.78 is 0. The lowest BCUT2D eigenvalue weighted by Gasteiger charge is -2.06. The lowest BCUT2D eigenvalue weighted by molar-refractivity contribution is 0.839. The third-order valence-corrected chi connectivity index (χ3v) is 1.31. The molecule has 1 rings (SSSR count). The highest BCUT2D eigenvalue weighted by molar-refractivity contribution is 5.24. The topological polar surface area (TPSA) is 26.0 Å². The molecule has 1 nitrogen and oxygen atoms in total. The van der Waals surface area contributed by atoms with E-state index >= 15 is 0 Å². The van der Waals surface area contributed by atoms with Gasteiger partial charge in [-0.1, -0.05) is 12.0 Å². The zero-order valence-electron chi connectivity index (χ0n) is 5.17. The van der Waals surface area contributed by atoms with Crippen molar-refractivity contribution < 1.29 is 0 Å². The van der Waals surface area contributed by atoms with E-state index in [1.165, 1.54) is 0 Å². The number of terminal acetylenes is 1. The van der Waals surface area contributed by atoms with E-state index < -0.39 is 0 Å². The van der Waals surface area contributed by atoms with Gasteiger partial charge in [0.1, 0.15) is 0 Å². The Morgan fingerprint density at radius 1 is 1.78 bits per heavy atom. The molecule has 9 heavy (non-hydrogen) atoms. The summed E-state index contributed by atoms with van der Waals surface area (Å²) in [6, 6.07) is 0. The van der Waals surface area contributed by atoms with Crippen LogP contribution in [0.15, 0.2) is 23.9 Å². The summed E-state index contributed by atoms with van der Waals surface area (Å²) in [5, 5.41) is 0. The SMILES string of the molecule is C#CC1C=C(N)C=CC1. The third kappa shape index (κ3) is 1.36. The lowest BCUT2D eigenvalue weighted by Crippen LogP contribution is -2.02. The first kappa shape index (κ1) is 5.97. The largest absolute Gasteiger partial charge is 0.399 e. The van der Waals surface area contributed by atoms with Crippen LogP contribution in [0.4, 0.5) is 0 Å². The Hall–Kier alpha value is -1.16. The Labute approximate surface area is 55.2 Å². The van der Waals surface area contributed by atoms with Gasteiger partial charge in [-0.05, 0) is 18.6 Å². The quantitative estimate of drug-likeness (QED) is 0.474. The molecule has 0 spiro atoms. The fourth-order valence-corrected chi connectivity index (χ4v) is 0.823. The molecule has 0 heterocycles. The smallest absolute Gasteiger partial charge is 0.0437 e. The monoisotopic (exact) mass is 119 g/mol. The molecule has 2 N–H and O–H groups in total. The van der Waals surface area contributed by atoms with Crippen LogP contribution in [0.2, 0.25) is 0 Å². The summed E-state index contributed by atoms with van der Waals surface area (Å²) in [5.41, 5.74) is 6.26. The van der Waals surface area contributed by atoms with Gasteiger partial charge in [0.2, 0.25) is 0 Å². The van der Waals surface area contributed by atoms with E-state index in [4.69, 9.17) is 12.2 Å². The Bertz CT molecular complexity index is 193. The molecule has 0 aromatic carbocycles. The minimum absolute atomic E-state index is 0.218. The van der Waals surface area contributed by atoms with Crippen LogP contribution in [0.5, 0.6) is 0 Å². The number of hydrogen-bond acceptors (Lipinski definition) is 1. The summed E-state index contributed by atoms with van der Waals surface area (Å²) in [6.07, 6.45) is 11.9. The van der Waals surface area contributed by atoms with Crippen LogP contribution in [-0.2, 0) is 0 Å². The lowest BCUT2D eigenvalue weighted by atomic mass is 10.0. The second kappa shape index (κ2) is 2.41. The van der Waals surface area contributed by atoms with E-state index in [9.17, 15) is 0 Å². The van der Waals surface area contributed by atoms with Crippen molar-refractivity contribution in [3.8, 4) is 12.3 Å². The molecule has 0 aromatic heterocycles. The van der Waals surface area contributed by atoms with Gasteiger partial charge < -0.3 is 5.73 Å². The maximum absolute atomic E-state index is 5.48. The van der Waals surface area contributed by atoms with E-state index in [1.807, 2.05) is 18.2 Å². The highest BCUT2D eigenvalue weighted by atomic mass is 14.6. The molecule has 1 unspecified atom stereocenters. The molecular formula is C8H9N. The Morgan fingerprint density at radius 3 is 3.00 bits per heavy atom. The number of allylic oxidation sites excluding steroid dienone is 3. The van der Waals surface area contributed by atoms with Crippen LogP contribution in [0.1, 0.15) is 6.42 Å². The molecule has 0 saturated heterocycles. The molecule has 0 amide bonds. The van der Waals surface area contributed by atoms with Crippen molar-refractivity contribution in [3.05, 3.63) is 23.9 Å². The van der Waals surface area contributed by atoms with Crippen LogP contribution in [0, 0.1) is 18.3 Å². The molecule has 0 aromatic rings. The van der Waals surface area contributed by atoms with Crippen molar-refractivity contribution in [3.63, 3.8) is 0 Å². The second-order valence-electron chi connectivity index (χ2n) is 2.08. The molecule has 1 atom stereocenters. The standard InChI is InChI=1S/C8H9N/c1-2-7-4-3-5-8(9)6-7/h1,3,5-7H,4,9H2. The van der Waals surface area contributed by atoms with E-state index in [2.05, 4.69) is 5.92 Å². The van der Waals surface area contributed by atoms with Gasteiger partial charge in [0.05, 0.1) is 0 Å². The zero-order valence-corrected chi connectivity index (χ0v) is 5.17. The van der Waals surface area contributed by atoms with E-state index in [0.717, 1.165) is 12.1 Å². The summed E-state index contributed by atoms with van der Waals surface area (Å²) >= 11 is 0. The van der Waals surface area contributed by atoms with Crippen molar-refractivity contribution in [2.75, 3.05) is 0 Å². The second-order valence-corrected chi connectivity index (χ2v) is 2.08. The van der Waals surface area contributed by atoms with Crippen molar-refractivity contribution in [2.24, 2.45) is 11.7 Å². The van der Waals surface area contributed by atoms with Crippen molar-refractivity contribution in [1.29, 1.82) is 0 Å². The zero-order chi connectivity index (χ0) is 6.69. The first-order valence-corrected chi connectivity index (χ1v) is 2.93. The average Bonchev–Trinajstić information content (AvgIpc) is 1.88.